The van der Waals surface area contributed by atoms with Crippen LogP contribution in [0.1, 0.15) is 42.9 Å². The highest BCUT2D eigenvalue weighted by Crippen LogP contribution is 2.24. The Bertz CT molecular complexity index is 797. The second-order valence-electron chi connectivity index (χ2n) is 5.21. The van der Waals surface area contributed by atoms with Gasteiger partial charge in [-0.1, -0.05) is 12.1 Å². The van der Waals surface area contributed by atoms with Crippen LogP contribution in [0.4, 0.5) is 0 Å². The topological polar surface area (TPSA) is 114 Å². The van der Waals surface area contributed by atoms with Gasteiger partial charge in [0.05, 0.1) is 6.04 Å². The van der Waals surface area contributed by atoms with Crippen molar-refractivity contribution in [3.05, 3.63) is 28.7 Å². The SMILES string of the molecule is CC[C@@H](NS(=O)(=O)c1ccc(CCNC(C)=O)s1)c1noc(C)n1. The van der Waals surface area contributed by atoms with Crippen LogP contribution in [0.5, 0.6) is 0 Å². The molecule has 1 atom stereocenters. The molecule has 0 radical (unpaired) electrons. The summed E-state index contributed by atoms with van der Waals surface area (Å²) in [6.07, 6.45) is 1.08. The van der Waals surface area contributed by atoms with Crippen LogP contribution in [-0.2, 0) is 21.2 Å². The minimum atomic E-state index is -3.67. The maximum atomic E-state index is 12.5. The fourth-order valence-electron chi connectivity index (χ4n) is 2.02. The van der Waals surface area contributed by atoms with Crippen molar-refractivity contribution in [1.82, 2.24) is 20.2 Å². The van der Waals surface area contributed by atoms with Crippen LogP contribution in [0, 0.1) is 6.92 Å². The number of rotatable bonds is 8. The number of aromatic nitrogens is 2. The van der Waals surface area contributed by atoms with Gasteiger partial charge >= 0.3 is 0 Å². The quantitative estimate of drug-likeness (QED) is 0.726. The Morgan fingerprint density at radius 2 is 2.17 bits per heavy atom. The fourth-order valence-corrected chi connectivity index (χ4v) is 4.67. The van der Waals surface area contributed by atoms with Crippen molar-refractivity contribution >= 4 is 27.3 Å². The second-order valence-corrected chi connectivity index (χ2v) is 8.32. The Balaban J connectivity index is 2.06. The van der Waals surface area contributed by atoms with Crippen molar-refractivity contribution in [3.8, 4) is 0 Å². The minimum Gasteiger partial charge on any atom is -0.356 e. The molecule has 0 aliphatic rings. The molecule has 2 aromatic rings. The molecule has 2 rings (SSSR count). The summed E-state index contributed by atoms with van der Waals surface area (Å²) < 4.78 is 32.8. The molecule has 2 heterocycles. The number of thiophene rings is 1. The zero-order valence-corrected chi connectivity index (χ0v) is 15.3. The van der Waals surface area contributed by atoms with E-state index < -0.39 is 16.1 Å². The van der Waals surface area contributed by atoms with E-state index in [2.05, 4.69) is 20.2 Å². The van der Waals surface area contributed by atoms with Crippen LogP contribution in [-0.4, -0.2) is 31.0 Å². The highest BCUT2D eigenvalue weighted by molar-refractivity contribution is 7.91. The van der Waals surface area contributed by atoms with E-state index in [1.165, 1.54) is 18.3 Å². The zero-order valence-electron chi connectivity index (χ0n) is 13.7. The molecule has 0 spiro atoms. The molecule has 0 unspecified atom stereocenters. The summed E-state index contributed by atoms with van der Waals surface area (Å²) in [4.78, 5) is 15.8. The van der Waals surface area contributed by atoms with Crippen LogP contribution < -0.4 is 10.0 Å². The molecule has 24 heavy (non-hydrogen) atoms. The van der Waals surface area contributed by atoms with Gasteiger partial charge in [-0.05, 0) is 25.0 Å². The molecule has 0 bridgehead atoms. The van der Waals surface area contributed by atoms with Crippen LogP contribution >= 0.6 is 11.3 Å². The van der Waals surface area contributed by atoms with Gasteiger partial charge in [0.2, 0.25) is 11.8 Å². The third kappa shape index (κ3) is 4.86. The first-order valence-electron chi connectivity index (χ1n) is 7.47. The molecule has 1 amide bonds. The fraction of sp³-hybridized carbons (Fsp3) is 0.500. The molecule has 0 fully saturated rings. The number of carbonyl (C=O) groups excluding carboxylic acids is 1. The summed E-state index contributed by atoms with van der Waals surface area (Å²) in [5.41, 5.74) is 0. The lowest BCUT2D eigenvalue weighted by Gasteiger charge is -2.12. The third-order valence-corrected chi connectivity index (χ3v) is 6.32. The maximum Gasteiger partial charge on any atom is 0.250 e. The second kappa shape index (κ2) is 7.86. The molecular weight excluding hydrogens is 352 g/mol. The van der Waals surface area contributed by atoms with E-state index in [0.29, 0.717) is 31.1 Å². The zero-order chi connectivity index (χ0) is 17.7. The molecule has 0 aromatic carbocycles. The predicted octanol–water partition coefficient (Wildman–Crippen LogP) is 1.55. The lowest BCUT2D eigenvalue weighted by Crippen LogP contribution is -2.28. The highest BCUT2D eigenvalue weighted by Gasteiger charge is 2.25. The van der Waals surface area contributed by atoms with Crippen molar-refractivity contribution in [2.75, 3.05) is 6.54 Å². The lowest BCUT2D eigenvalue weighted by molar-refractivity contribution is -0.118. The first kappa shape index (κ1) is 18.6. The number of nitrogens with zero attached hydrogens (tertiary/aromatic N) is 2. The number of aryl methyl sites for hydroxylation is 1. The molecule has 0 aliphatic carbocycles. The Morgan fingerprint density at radius 3 is 2.75 bits per heavy atom. The number of carbonyl (C=O) groups is 1. The van der Waals surface area contributed by atoms with Crippen LogP contribution in [0.3, 0.4) is 0 Å². The van der Waals surface area contributed by atoms with Gasteiger partial charge in [0.15, 0.2) is 5.82 Å². The van der Waals surface area contributed by atoms with Crippen molar-refractivity contribution in [2.24, 2.45) is 0 Å². The number of sulfonamides is 1. The predicted molar refractivity (Wildman–Crippen MR) is 89.1 cm³/mol. The molecule has 0 saturated carbocycles. The van der Waals surface area contributed by atoms with Gasteiger partial charge in [0.1, 0.15) is 4.21 Å². The molecule has 2 N–H and O–H groups in total. The Hall–Kier alpha value is -1.78. The normalized spacial score (nSPS) is 13.0. The average Bonchev–Trinajstić information content (AvgIpc) is 3.14. The van der Waals surface area contributed by atoms with E-state index in [1.807, 2.05) is 6.92 Å². The third-order valence-electron chi connectivity index (χ3n) is 3.21. The highest BCUT2D eigenvalue weighted by atomic mass is 32.2. The van der Waals surface area contributed by atoms with Gasteiger partial charge in [0.25, 0.3) is 10.0 Å². The Labute approximate surface area is 144 Å². The van der Waals surface area contributed by atoms with Gasteiger partial charge in [-0.15, -0.1) is 11.3 Å². The van der Waals surface area contributed by atoms with E-state index in [0.717, 1.165) is 4.88 Å². The summed E-state index contributed by atoms with van der Waals surface area (Å²) in [7, 11) is -3.67. The summed E-state index contributed by atoms with van der Waals surface area (Å²) in [6, 6.07) is 2.77. The smallest absolute Gasteiger partial charge is 0.250 e. The summed E-state index contributed by atoms with van der Waals surface area (Å²) in [5.74, 6) is 0.599. The van der Waals surface area contributed by atoms with Crippen molar-refractivity contribution in [3.63, 3.8) is 0 Å². The standard InChI is InChI=1S/C14H20N4O4S2/c1-4-12(14-16-10(3)22-17-14)18-24(20,21)13-6-5-11(23-13)7-8-15-9(2)19/h5-6,12,18H,4,7-8H2,1-3H3,(H,15,19)/t12-/m1/s1. The monoisotopic (exact) mass is 372 g/mol. The van der Waals surface area contributed by atoms with Gasteiger partial charge in [0, 0.05) is 25.3 Å². The summed E-state index contributed by atoms with van der Waals surface area (Å²) >= 11 is 1.18. The first-order chi connectivity index (χ1) is 11.3. The first-order valence-corrected chi connectivity index (χ1v) is 9.77. The number of nitrogens with one attached hydrogen (secondary N) is 2. The molecule has 10 heteroatoms. The van der Waals surface area contributed by atoms with Gasteiger partial charge in [-0.3, -0.25) is 4.79 Å². The number of hydrogen-bond acceptors (Lipinski definition) is 7. The van der Waals surface area contributed by atoms with Crippen molar-refractivity contribution in [1.29, 1.82) is 0 Å². The van der Waals surface area contributed by atoms with Crippen molar-refractivity contribution < 1.29 is 17.7 Å². The molecule has 132 valence electrons. The van der Waals surface area contributed by atoms with E-state index in [1.54, 1.807) is 19.1 Å². The van der Waals surface area contributed by atoms with Crippen LogP contribution in [0.25, 0.3) is 0 Å². The molecule has 8 nitrogen and oxygen atoms in total. The van der Waals surface area contributed by atoms with E-state index in [4.69, 9.17) is 4.52 Å². The lowest BCUT2D eigenvalue weighted by atomic mass is 10.2. The Kier molecular flexibility index (Phi) is 6.08. The van der Waals surface area contributed by atoms with Gasteiger partial charge < -0.3 is 9.84 Å². The number of hydrogen-bond donors (Lipinski definition) is 2. The van der Waals surface area contributed by atoms with E-state index >= 15 is 0 Å². The van der Waals surface area contributed by atoms with Crippen molar-refractivity contribution in [2.45, 2.75) is 43.9 Å². The largest absolute Gasteiger partial charge is 0.356 e. The average molecular weight is 372 g/mol. The Morgan fingerprint density at radius 1 is 1.42 bits per heavy atom. The maximum absolute atomic E-state index is 12.5. The molecule has 0 aliphatic heterocycles. The van der Waals surface area contributed by atoms with E-state index in [9.17, 15) is 13.2 Å². The van der Waals surface area contributed by atoms with E-state index in [-0.39, 0.29) is 10.1 Å². The van der Waals surface area contributed by atoms with Crippen LogP contribution in [0.15, 0.2) is 20.9 Å². The van der Waals surface area contributed by atoms with Gasteiger partial charge in [-0.2, -0.15) is 9.71 Å². The summed E-state index contributed by atoms with van der Waals surface area (Å²) in [5, 5.41) is 6.46. The minimum absolute atomic E-state index is 0.109. The molecular formula is C14H20N4O4S2. The van der Waals surface area contributed by atoms with Crippen LogP contribution in [0.2, 0.25) is 0 Å². The molecule has 0 saturated heterocycles. The van der Waals surface area contributed by atoms with Gasteiger partial charge in [-0.25, -0.2) is 8.42 Å². The molecule has 2 aromatic heterocycles. The number of amides is 1. The summed E-state index contributed by atoms with van der Waals surface area (Å²) in [6.45, 7) is 5.41.